The lowest BCUT2D eigenvalue weighted by atomic mass is 9.96. The molecule has 1 fully saturated rings. The number of hydrogen-bond donors (Lipinski definition) is 1. The average molecular weight is 291 g/mol. The monoisotopic (exact) mass is 291 g/mol. The zero-order valence-electron chi connectivity index (χ0n) is 11.7. The number of carbonyl (C=O) groups excluding carboxylic acids is 2. The number of piperidine rings is 1. The van der Waals surface area contributed by atoms with Gasteiger partial charge in [0.05, 0.1) is 24.2 Å². The molecule has 0 atom stereocenters. The van der Waals surface area contributed by atoms with Gasteiger partial charge >= 0.3 is 11.9 Å². The number of amides is 1. The van der Waals surface area contributed by atoms with Crippen molar-refractivity contribution in [1.29, 1.82) is 0 Å². The zero-order chi connectivity index (χ0) is 15.4. The van der Waals surface area contributed by atoms with E-state index >= 15 is 0 Å². The average Bonchev–Trinajstić information content (AvgIpc) is 2.53. The number of hydrogen-bond acceptors (Lipinski definition) is 4. The minimum atomic E-state index is -1.12. The highest BCUT2D eigenvalue weighted by atomic mass is 16.5. The Kier molecular flexibility index (Phi) is 4.57. The summed E-state index contributed by atoms with van der Waals surface area (Å²) in [6.07, 6.45) is 1.07. The van der Waals surface area contributed by atoms with Gasteiger partial charge in [-0.25, -0.2) is 4.79 Å². The fraction of sp³-hybridized carbons (Fsp3) is 0.400. The van der Waals surface area contributed by atoms with Gasteiger partial charge in [0.15, 0.2) is 0 Å². The summed E-state index contributed by atoms with van der Waals surface area (Å²) in [5.74, 6) is -1.87. The lowest BCUT2D eigenvalue weighted by Crippen LogP contribution is -2.41. The Morgan fingerprint density at radius 2 is 1.71 bits per heavy atom. The number of nitrogens with zero attached hydrogens (tertiary/aromatic N) is 1. The highest BCUT2D eigenvalue weighted by molar-refractivity contribution is 6.04. The molecule has 1 aromatic rings. The predicted molar refractivity (Wildman–Crippen MR) is 74.0 cm³/mol. The third-order valence-electron chi connectivity index (χ3n) is 3.70. The molecule has 1 saturated heterocycles. The summed E-state index contributed by atoms with van der Waals surface area (Å²) < 4.78 is 4.70. The van der Waals surface area contributed by atoms with E-state index in [0.29, 0.717) is 25.9 Å². The summed E-state index contributed by atoms with van der Waals surface area (Å²) in [4.78, 5) is 36.6. The molecule has 0 spiro atoms. The molecule has 0 aromatic heterocycles. The molecule has 1 aliphatic heterocycles. The summed E-state index contributed by atoms with van der Waals surface area (Å²) in [5.41, 5.74) is 0.180. The Morgan fingerprint density at radius 3 is 2.24 bits per heavy atom. The zero-order valence-corrected chi connectivity index (χ0v) is 11.7. The van der Waals surface area contributed by atoms with Crippen LogP contribution >= 0.6 is 0 Å². The van der Waals surface area contributed by atoms with Crippen LogP contribution in [0.1, 0.15) is 33.6 Å². The number of methoxy groups -OCH3 is 1. The van der Waals surface area contributed by atoms with E-state index in [0.717, 1.165) is 0 Å². The lowest BCUT2D eigenvalue weighted by molar-refractivity contribution is -0.146. The van der Waals surface area contributed by atoms with Gasteiger partial charge in [-0.3, -0.25) is 9.59 Å². The van der Waals surface area contributed by atoms with Crippen molar-refractivity contribution in [2.24, 2.45) is 5.92 Å². The first kappa shape index (κ1) is 15.0. The van der Waals surface area contributed by atoms with E-state index in [1.54, 1.807) is 17.0 Å². The molecule has 6 heteroatoms. The van der Waals surface area contributed by atoms with E-state index in [1.807, 2.05) is 0 Å². The first-order valence-electron chi connectivity index (χ1n) is 6.74. The van der Waals surface area contributed by atoms with Crippen molar-refractivity contribution in [2.75, 3.05) is 20.2 Å². The third kappa shape index (κ3) is 3.21. The standard InChI is InChI=1S/C15H17NO5/c1-21-15(20)10-6-8-16(9-7-10)13(17)11-4-2-3-5-12(11)14(18)19/h2-5,10H,6-9H2,1H3,(H,18,19). The van der Waals surface area contributed by atoms with Crippen LogP contribution in [-0.4, -0.2) is 48.1 Å². The van der Waals surface area contributed by atoms with Gasteiger partial charge in [-0.1, -0.05) is 12.1 Å². The van der Waals surface area contributed by atoms with Gasteiger partial charge in [0.1, 0.15) is 0 Å². The van der Waals surface area contributed by atoms with Crippen molar-refractivity contribution in [1.82, 2.24) is 4.90 Å². The number of carboxylic acids is 1. The van der Waals surface area contributed by atoms with Crippen molar-refractivity contribution >= 4 is 17.8 Å². The van der Waals surface area contributed by atoms with E-state index in [-0.39, 0.29) is 28.9 Å². The fourth-order valence-corrected chi connectivity index (χ4v) is 2.51. The molecular weight excluding hydrogens is 274 g/mol. The predicted octanol–water partition coefficient (Wildman–Crippen LogP) is 1.41. The molecule has 0 unspecified atom stereocenters. The second-order valence-electron chi connectivity index (χ2n) is 4.94. The van der Waals surface area contributed by atoms with Crippen LogP contribution in [-0.2, 0) is 9.53 Å². The Bertz CT molecular complexity index is 561. The Balaban J connectivity index is 2.09. The molecule has 1 aromatic carbocycles. The van der Waals surface area contributed by atoms with Gasteiger partial charge in [0.25, 0.3) is 5.91 Å². The molecule has 2 rings (SSSR count). The number of benzene rings is 1. The van der Waals surface area contributed by atoms with E-state index in [2.05, 4.69) is 0 Å². The SMILES string of the molecule is COC(=O)C1CCN(C(=O)c2ccccc2C(=O)O)CC1. The maximum atomic E-state index is 12.4. The topological polar surface area (TPSA) is 83.9 Å². The first-order chi connectivity index (χ1) is 10.0. The van der Waals surface area contributed by atoms with Gasteiger partial charge < -0.3 is 14.7 Å². The maximum absolute atomic E-state index is 12.4. The van der Waals surface area contributed by atoms with E-state index < -0.39 is 5.97 Å². The number of carbonyl (C=O) groups is 3. The molecule has 0 aliphatic carbocycles. The van der Waals surface area contributed by atoms with Crippen LogP contribution in [0.2, 0.25) is 0 Å². The summed E-state index contributed by atoms with van der Waals surface area (Å²) >= 11 is 0. The Morgan fingerprint density at radius 1 is 1.14 bits per heavy atom. The third-order valence-corrected chi connectivity index (χ3v) is 3.70. The number of esters is 1. The first-order valence-corrected chi connectivity index (χ1v) is 6.74. The summed E-state index contributed by atoms with van der Waals surface area (Å²) in [5, 5.41) is 9.13. The van der Waals surface area contributed by atoms with Gasteiger partial charge in [0, 0.05) is 13.1 Å². The highest BCUT2D eigenvalue weighted by Crippen LogP contribution is 2.21. The van der Waals surface area contributed by atoms with Gasteiger partial charge in [-0.05, 0) is 25.0 Å². The number of ether oxygens (including phenoxy) is 1. The second-order valence-corrected chi connectivity index (χ2v) is 4.94. The molecule has 112 valence electrons. The molecule has 1 heterocycles. The molecule has 6 nitrogen and oxygen atoms in total. The van der Waals surface area contributed by atoms with E-state index in [1.165, 1.54) is 19.2 Å². The molecular formula is C15H17NO5. The van der Waals surface area contributed by atoms with Crippen molar-refractivity contribution in [3.63, 3.8) is 0 Å². The second kappa shape index (κ2) is 6.39. The van der Waals surface area contributed by atoms with Crippen LogP contribution in [0.3, 0.4) is 0 Å². The van der Waals surface area contributed by atoms with Gasteiger partial charge in [-0.2, -0.15) is 0 Å². The summed E-state index contributed by atoms with van der Waals surface area (Å²) in [6, 6.07) is 6.15. The van der Waals surface area contributed by atoms with Crippen molar-refractivity contribution in [3.8, 4) is 0 Å². The normalized spacial score (nSPS) is 15.6. The number of aromatic carboxylic acids is 1. The fourth-order valence-electron chi connectivity index (χ4n) is 2.51. The minimum Gasteiger partial charge on any atom is -0.478 e. The Labute approximate surface area is 122 Å². The molecule has 0 bridgehead atoms. The Hall–Kier alpha value is -2.37. The molecule has 1 amide bonds. The molecule has 0 radical (unpaired) electrons. The van der Waals surface area contributed by atoms with Gasteiger partial charge in [-0.15, -0.1) is 0 Å². The number of carboxylic acid groups (broad SMARTS) is 1. The smallest absolute Gasteiger partial charge is 0.336 e. The largest absolute Gasteiger partial charge is 0.478 e. The quantitative estimate of drug-likeness (QED) is 0.851. The van der Waals surface area contributed by atoms with Crippen LogP contribution in [0, 0.1) is 5.92 Å². The lowest BCUT2D eigenvalue weighted by Gasteiger charge is -2.31. The van der Waals surface area contributed by atoms with Gasteiger partial charge in [0.2, 0.25) is 0 Å². The summed E-state index contributed by atoms with van der Waals surface area (Å²) in [7, 11) is 1.35. The molecule has 21 heavy (non-hydrogen) atoms. The summed E-state index contributed by atoms with van der Waals surface area (Å²) in [6.45, 7) is 0.846. The van der Waals surface area contributed by atoms with E-state index in [4.69, 9.17) is 9.84 Å². The van der Waals surface area contributed by atoms with Crippen LogP contribution in [0.15, 0.2) is 24.3 Å². The molecule has 1 aliphatic rings. The molecule has 0 saturated carbocycles. The number of rotatable bonds is 3. The molecule has 1 N–H and O–H groups in total. The van der Waals surface area contributed by atoms with E-state index in [9.17, 15) is 14.4 Å². The number of likely N-dealkylation sites (tertiary alicyclic amines) is 1. The maximum Gasteiger partial charge on any atom is 0.336 e. The van der Waals surface area contributed by atoms with Crippen molar-refractivity contribution in [2.45, 2.75) is 12.8 Å². The van der Waals surface area contributed by atoms with Crippen LogP contribution < -0.4 is 0 Å². The van der Waals surface area contributed by atoms with Crippen LogP contribution in [0.4, 0.5) is 0 Å². The van der Waals surface area contributed by atoms with Crippen LogP contribution in [0.5, 0.6) is 0 Å². The highest BCUT2D eigenvalue weighted by Gasteiger charge is 2.29. The van der Waals surface area contributed by atoms with Crippen LogP contribution in [0.25, 0.3) is 0 Å². The van der Waals surface area contributed by atoms with Crippen molar-refractivity contribution in [3.05, 3.63) is 35.4 Å². The van der Waals surface area contributed by atoms with Crippen molar-refractivity contribution < 1.29 is 24.2 Å². The minimum absolute atomic E-state index is 0.00223.